The summed E-state index contributed by atoms with van der Waals surface area (Å²) in [5, 5.41) is 2.56. The van der Waals surface area contributed by atoms with Gasteiger partial charge in [-0.05, 0) is 23.8 Å². The topological polar surface area (TPSA) is 55.1 Å². The van der Waals surface area contributed by atoms with E-state index in [-0.39, 0.29) is 24.6 Å². The molecular formula is C17H15FN2O. The van der Waals surface area contributed by atoms with E-state index in [1.165, 1.54) is 12.1 Å². The SMILES string of the molecule is NCC#Cc1ccc(NC(=O)Cc2ccccc2)c(F)c1. The summed E-state index contributed by atoms with van der Waals surface area (Å²) in [4.78, 5) is 11.9. The van der Waals surface area contributed by atoms with Crippen molar-refractivity contribution in [3.05, 3.63) is 65.5 Å². The zero-order valence-electron chi connectivity index (χ0n) is 11.4. The van der Waals surface area contributed by atoms with Gasteiger partial charge in [-0.2, -0.15) is 0 Å². The third-order valence-corrected chi connectivity index (χ3v) is 2.79. The van der Waals surface area contributed by atoms with Crippen LogP contribution < -0.4 is 11.1 Å². The standard InChI is InChI=1S/C17H15FN2O/c18-15-11-14(7-4-10-19)8-9-16(15)20-17(21)12-13-5-2-1-3-6-13/h1-3,5-6,8-9,11H,10,12,19H2,(H,20,21). The maximum absolute atomic E-state index is 13.9. The molecule has 21 heavy (non-hydrogen) atoms. The lowest BCUT2D eigenvalue weighted by molar-refractivity contribution is -0.115. The normalized spacial score (nSPS) is 9.62. The number of rotatable bonds is 3. The Kier molecular flexibility index (Phi) is 5.08. The third kappa shape index (κ3) is 4.44. The molecular weight excluding hydrogens is 267 g/mol. The summed E-state index contributed by atoms with van der Waals surface area (Å²) < 4.78 is 13.9. The second-order valence-corrected chi connectivity index (χ2v) is 4.41. The van der Waals surface area contributed by atoms with Crippen molar-refractivity contribution in [2.24, 2.45) is 5.73 Å². The molecule has 0 aromatic heterocycles. The number of benzene rings is 2. The van der Waals surface area contributed by atoms with Crippen molar-refractivity contribution >= 4 is 11.6 Å². The largest absolute Gasteiger partial charge is 0.323 e. The van der Waals surface area contributed by atoms with E-state index in [1.54, 1.807) is 6.07 Å². The lowest BCUT2D eigenvalue weighted by Gasteiger charge is -2.07. The smallest absolute Gasteiger partial charge is 0.228 e. The van der Waals surface area contributed by atoms with Crippen LogP contribution in [0.5, 0.6) is 0 Å². The van der Waals surface area contributed by atoms with Gasteiger partial charge >= 0.3 is 0 Å². The van der Waals surface area contributed by atoms with E-state index >= 15 is 0 Å². The molecule has 2 aromatic carbocycles. The van der Waals surface area contributed by atoms with Crippen LogP contribution in [0.4, 0.5) is 10.1 Å². The first-order chi connectivity index (χ1) is 10.2. The number of amides is 1. The van der Waals surface area contributed by atoms with Crippen LogP contribution in [0.3, 0.4) is 0 Å². The number of hydrogen-bond donors (Lipinski definition) is 2. The van der Waals surface area contributed by atoms with Gasteiger partial charge in [-0.15, -0.1) is 0 Å². The molecule has 0 heterocycles. The fourth-order valence-corrected chi connectivity index (χ4v) is 1.82. The number of carbonyl (C=O) groups is 1. The summed E-state index contributed by atoms with van der Waals surface area (Å²) in [6, 6.07) is 13.7. The molecule has 0 bridgehead atoms. The minimum atomic E-state index is -0.514. The average molecular weight is 282 g/mol. The minimum Gasteiger partial charge on any atom is -0.323 e. The van der Waals surface area contributed by atoms with E-state index in [4.69, 9.17) is 5.73 Å². The fraction of sp³-hybridized carbons (Fsp3) is 0.118. The Morgan fingerprint density at radius 1 is 1.19 bits per heavy atom. The molecule has 3 nitrogen and oxygen atoms in total. The van der Waals surface area contributed by atoms with Gasteiger partial charge in [-0.3, -0.25) is 4.79 Å². The van der Waals surface area contributed by atoms with Crippen LogP contribution in [0.25, 0.3) is 0 Å². The predicted octanol–water partition coefficient (Wildman–Crippen LogP) is 2.32. The van der Waals surface area contributed by atoms with Crippen LogP contribution in [0, 0.1) is 17.7 Å². The monoisotopic (exact) mass is 282 g/mol. The highest BCUT2D eigenvalue weighted by Crippen LogP contribution is 2.15. The van der Waals surface area contributed by atoms with Crippen LogP contribution >= 0.6 is 0 Å². The summed E-state index contributed by atoms with van der Waals surface area (Å²) in [6.45, 7) is 0.219. The molecule has 0 saturated carbocycles. The van der Waals surface area contributed by atoms with Gasteiger partial charge in [0.25, 0.3) is 0 Å². The molecule has 0 spiro atoms. The quantitative estimate of drug-likeness (QED) is 0.849. The highest BCUT2D eigenvalue weighted by molar-refractivity contribution is 5.92. The Morgan fingerprint density at radius 3 is 2.62 bits per heavy atom. The van der Waals surface area contributed by atoms with E-state index in [1.807, 2.05) is 30.3 Å². The molecule has 0 aliphatic heterocycles. The maximum Gasteiger partial charge on any atom is 0.228 e. The Labute approximate surface area is 123 Å². The molecule has 2 rings (SSSR count). The summed E-state index contributed by atoms with van der Waals surface area (Å²) in [7, 11) is 0. The van der Waals surface area contributed by atoms with Gasteiger partial charge in [-0.25, -0.2) is 4.39 Å². The van der Waals surface area contributed by atoms with E-state index in [0.717, 1.165) is 5.56 Å². The molecule has 0 atom stereocenters. The Morgan fingerprint density at radius 2 is 1.95 bits per heavy atom. The van der Waals surface area contributed by atoms with E-state index in [0.29, 0.717) is 5.56 Å². The summed E-state index contributed by atoms with van der Waals surface area (Å²) in [5.41, 5.74) is 6.81. The second kappa shape index (κ2) is 7.22. The number of nitrogens with one attached hydrogen (secondary N) is 1. The zero-order valence-corrected chi connectivity index (χ0v) is 11.4. The first-order valence-corrected chi connectivity index (χ1v) is 6.51. The highest BCUT2D eigenvalue weighted by Gasteiger charge is 2.08. The average Bonchev–Trinajstić information content (AvgIpc) is 2.48. The summed E-state index contributed by atoms with van der Waals surface area (Å²) >= 11 is 0. The van der Waals surface area contributed by atoms with Crippen molar-refractivity contribution in [1.29, 1.82) is 0 Å². The van der Waals surface area contributed by atoms with Gasteiger partial charge in [0.15, 0.2) is 0 Å². The lowest BCUT2D eigenvalue weighted by Crippen LogP contribution is -2.15. The molecule has 0 aliphatic rings. The molecule has 4 heteroatoms. The van der Waals surface area contributed by atoms with E-state index in [2.05, 4.69) is 17.2 Å². The highest BCUT2D eigenvalue weighted by atomic mass is 19.1. The van der Waals surface area contributed by atoms with Crippen LogP contribution in [-0.2, 0) is 11.2 Å². The van der Waals surface area contributed by atoms with Crippen LogP contribution in [0.2, 0.25) is 0 Å². The van der Waals surface area contributed by atoms with Crippen LogP contribution in [-0.4, -0.2) is 12.5 Å². The van der Waals surface area contributed by atoms with Crippen molar-refractivity contribution in [3.63, 3.8) is 0 Å². The third-order valence-electron chi connectivity index (χ3n) is 2.79. The maximum atomic E-state index is 13.9. The zero-order chi connectivity index (χ0) is 15.1. The molecule has 1 amide bonds. The first-order valence-electron chi connectivity index (χ1n) is 6.51. The molecule has 0 saturated heterocycles. The van der Waals surface area contributed by atoms with Crippen molar-refractivity contribution in [3.8, 4) is 11.8 Å². The van der Waals surface area contributed by atoms with Crippen molar-refractivity contribution < 1.29 is 9.18 Å². The van der Waals surface area contributed by atoms with Crippen LogP contribution in [0.1, 0.15) is 11.1 Å². The minimum absolute atomic E-state index is 0.147. The predicted molar refractivity (Wildman–Crippen MR) is 81.1 cm³/mol. The van der Waals surface area contributed by atoms with E-state index in [9.17, 15) is 9.18 Å². The number of hydrogen-bond acceptors (Lipinski definition) is 2. The summed E-state index contributed by atoms with van der Waals surface area (Å²) in [5.74, 6) is 4.61. The van der Waals surface area contributed by atoms with Gasteiger partial charge in [0.1, 0.15) is 5.82 Å². The van der Waals surface area contributed by atoms with Gasteiger partial charge in [0.05, 0.1) is 18.7 Å². The summed E-state index contributed by atoms with van der Waals surface area (Å²) in [6.07, 6.45) is 0.203. The van der Waals surface area contributed by atoms with Crippen molar-refractivity contribution in [2.45, 2.75) is 6.42 Å². The Bertz CT molecular complexity index is 687. The van der Waals surface area contributed by atoms with Crippen molar-refractivity contribution in [2.75, 3.05) is 11.9 Å². The molecule has 0 fully saturated rings. The van der Waals surface area contributed by atoms with Gasteiger partial charge in [0.2, 0.25) is 5.91 Å². The molecule has 3 N–H and O–H groups in total. The molecule has 0 radical (unpaired) electrons. The number of carbonyl (C=O) groups excluding carboxylic acids is 1. The van der Waals surface area contributed by atoms with Gasteiger partial charge < -0.3 is 11.1 Å². The van der Waals surface area contributed by atoms with Crippen LogP contribution in [0.15, 0.2) is 48.5 Å². The first kappa shape index (κ1) is 14.8. The Hall–Kier alpha value is -2.64. The molecule has 2 aromatic rings. The fourth-order valence-electron chi connectivity index (χ4n) is 1.82. The van der Waals surface area contributed by atoms with Crippen molar-refractivity contribution in [1.82, 2.24) is 0 Å². The second-order valence-electron chi connectivity index (χ2n) is 4.41. The number of anilines is 1. The molecule has 106 valence electrons. The molecule has 0 aliphatic carbocycles. The number of halogens is 1. The molecule has 0 unspecified atom stereocenters. The number of nitrogens with two attached hydrogens (primary N) is 1. The van der Waals surface area contributed by atoms with E-state index < -0.39 is 5.82 Å². The lowest BCUT2D eigenvalue weighted by atomic mass is 10.1. The van der Waals surface area contributed by atoms with Gasteiger partial charge in [0, 0.05) is 5.56 Å². The Balaban J connectivity index is 2.04. The van der Waals surface area contributed by atoms with Gasteiger partial charge in [-0.1, -0.05) is 42.2 Å².